The summed E-state index contributed by atoms with van der Waals surface area (Å²) in [5.74, 6) is 0.342. The second kappa shape index (κ2) is 10.4. The summed E-state index contributed by atoms with van der Waals surface area (Å²) < 4.78 is 7.55. The van der Waals surface area contributed by atoms with E-state index in [9.17, 15) is 9.59 Å². The Morgan fingerprint density at radius 1 is 1.03 bits per heavy atom. The van der Waals surface area contributed by atoms with Crippen molar-refractivity contribution in [3.63, 3.8) is 0 Å². The van der Waals surface area contributed by atoms with Crippen LogP contribution < -0.4 is 15.4 Å². The fourth-order valence-electron chi connectivity index (χ4n) is 4.33. The molecule has 1 saturated heterocycles. The lowest BCUT2D eigenvalue weighted by molar-refractivity contribution is -0.117. The third-order valence-electron chi connectivity index (χ3n) is 5.90. The highest BCUT2D eigenvalue weighted by atomic mass is 16.5. The number of aryl methyl sites for hydroxylation is 1. The van der Waals surface area contributed by atoms with Gasteiger partial charge in [-0.25, -0.2) is 0 Å². The summed E-state index contributed by atoms with van der Waals surface area (Å²) in [6.07, 6.45) is 4.13. The summed E-state index contributed by atoms with van der Waals surface area (Å²) in [5.41, 5.74) is 2.79. The van der Waals surface area contributed by atoms with Gasteiger partial charge in [0.2, 0.25) is 5.91 Å². The molecule has 2 amide bonds. The number of anilines is 2. The van der Waals surface area contributed by atoms with Crippen LogP contribution >= 0.6 is 0 Å². The van der Waals surface area contributed by atoms with Gasteiger partial charge in [-0.2, -0.15) is 0 Å². The molecule has 1 aromatic heterocycles. The molecular weight excluding hydrogens is 416 g/mol. The van der Waals surface area contributed by atoms with E-state index >= 15 is 0 Å². The molecule has 0 spiro atoms. The zero-order valence-corrected chi connectivity index (χ0v) is 19.1. The Morgan fingerprint density at radius 3 is 2.55 bits per heavy atom. The monoisotopic (exact) mass is 446 g/mol. The van der Waals surface area contributed by atoms with Gasteiger partial charge in [0.05, 0.1) is 30.4 Å². The van der Waals surface area contributed by atoms with Gasteiger partial charge in [-0.3, -0.25) is 14.5 Å². The van der Waals surface area contributed by atoms with E-state index in [1.54, 1.807) is 30.3 Å². The zero-order valence-electron chi connectivity index (χ0n) is 19.1. The van der Waals surface area contributed by atoms with Crippen LogP contribution in [0.4, 0.5) is 11.4 Å². The van der Waals surface area contributed by atoms with Crippen molar-refractivity contribution in [3.05, 3.63) is 78.1 Å². The molecule has 1 unspecified atom stereocenters. The lowest BCUT2D eigenvalue weighted by atomic mass is 10.1. The zero-order chi connectivity index (χ0) is 23.2. The molecule has 172 valence electrons. The molecule has 4 rings (SSSR count). The average molecular weight is 447 g/mol. The van der Waals surface area contributed by atoms with E-state index < -0.39 is 0 Å². The highest BCUT2D eigenvalue weighted by molar-refractivity contribution is 6.10. The van der Waals surface area contributed by atoms with Crippen LogP contribution in [-0.2, 0) is 11.8 Å². The first-order valence-electron chi connectivity index (χ1n) is 11.3. The molecule has 7 nitrogen and oxygen atoms in total. The molecule has 0 aliphatic carbocycles. The standard InChI is InChI=1S/C26H30N4O3/c1-3-33-20-14-12-19(13-15-20)27-26(32)21-8-4-5-9-22(21)28-25(31)18-30-17-7-11-24(30)23-10-6-16-29(23)2/h4-6,8-10,12-16,24H,3,7,11,17-18H2,1-2H3,(H,27,32)(H,28,31). The fourth-order valence-corrected chi connectivity index (χ4v) is 4.33. The van der Waals surface area contributed by atoms with Crippen molar-refractivity contribution in [1.82, 2.24) is 9.47 Å². The number of ether oxygens (including phenoxy) is 1. The Labute approximate surface area is 194 Å². The molecule has 1 atom stereocenters. The van der Waals surface area contributed by atoms with Crippen LogP contribution in [0.3, 0.4) is 0 Å². The summed E-state index contributed by atoms with van der Waals surface area (Å²) >= 11 is 0. The quantitative estimate of drug-likeness (QED) is 0.536. The van der Waals surface area contributed by atoms with Gasteiger partial charge in [0.15, 0.2) is 0 Å². The lowest BCUT2D eigenvalue weighted by Gasteiger charge is -2.24. The molecule has 33 heavy (non-hydrogen) atoms. The predicted octanol–water partition coefficient (Wildman–Crippen LogP) is 4.45. The molecule has 0 bridgehead atoms. The van der Waals surface area contributed by atoms with Gasteiger partial charge >= 0.3 is 0 Å². The van der Waals surface area contributed by atoms with Gasteiger partial charge in [-0.1, -0.05) is 12.1 Å². The van der Waals surface area contributed by atoms with Crippen molar-refractivity contribution in [2.24, 2.45) is 7.05 Å². The fraction of sp³-hybridized carbons (Fsp3) is 0.308. The maximum atomic E-state index is 12.9. The molecule has 1 aliphatic rings. The highest BCUT2D eigenvalue weighted by Crippen LogP contribution is 2.31. The molecular formula is C26H30N4O3. The number of amides is 2. The van der Waals surface area contributed by atoms with E-state index in [1.165, 1.54) is 5.69 Å². The molecule has 3 aromatic rings. The number of hydrogen-bond donors (Lipinski definition) is 2. The third kappa shape index (κ3) is 5.43. The number of nitrogens with one attached hydrogen (secondary N) is 2. The normalized spacial score (nSPS) is 15.9. The van der Waals surface area contributed by atoms with E-state index in [2.05, 4.69) is 26.2 Å². The van der Waals surface area contributed by atoms with Crippen molar-refractivity contribution < 1.29 is 14.3 Å². The maximum Gasteiger partial charge on any atom is 0.257 e. The maximum absolute atomic E-state index is 12.9. The first-order valence-corrected chi connectivity index (χ1v) is 11.3. The van der Waals surface area contributed by atoms with Crippen LogP contribution in [0.2, 0.25) is 0 Å². The summed E-state index contributed by atoms with van der Waals surface area (Å²) in [6, 6.07) is 18.6. The minimum absolute atomic E-state index is 0.127. The van der Waals surface area contributed by atoms with Crippen LogP contribution in [0.15, 0.2) is 66.9 Å². The van der Waals surface area contributed by atoms with Gasteiger partial charge in [-0.15, -0.1) is 0 Å². The number of aromatic nitrogens is 1. The highest BCUT2D eigenvalue weighted by Gasteiger charge is 2.29. The molecule has 0 saturated carbocycles. The van der Waals surface area contributed by atoms with Crippen molar-refractivity contribution in [2.45, 2.75) is 25.8 Å². The number of hydrogen-bond acceptors (Lipinski definition) is 4. The van der Waals surface area contributed by atoms with Crippen LogP contribution in [-0.4, -0.2) is 41.0 Å². The van der Waals surface area contributed by atoms with E-state index in [0.717, 1.165) is 25.1 Å². The minimum atomic E-state index is -0.280. The molecule has 2 N–H and O–H groups in total. The van der Waals surface area contributed by atoms with Crippen LogP contribution in [0, 0.1) is 0 Å². The Balaban J connectivity index is 1.41. The van der Waals surface area contributed by atoms with Crippen molar-refractivity contribution >= 4 is 23.2 Å². The lowest BCUT2D eigenvalue weighted by Crippen LogP contribution is -2.34. The number of carbonyl (C=O) groups is 2. The summed E-state index contributed by atoms with van der Waals surface area (Å²) in [6.45, 7) is 3.67. The first kappa shape index (κ1) is 22.6. The molecule has 2 aromatic carbocycles. The summed E-state index contributed by atoms with van der Waals surface area (Å²) in [5, 5.41) is 5.83. The molecule has 7 heteroatoms. The van der Waals surface area contributed by atoms with E-state index in [-0.39, 0.29) is 24.4 Å². The van der Waals surface area contributed by atoms with Crippen LogP contribution in [0.5, 0.6) is 5.75 Å². The first-order chi connectivity index (χ1) is 16.0. The largest absolute Gasteiger partial charge is 0.494 e. The topological polar surface area (TPSA) is 75.6 Å². The second-order valence-electron chi connectivity index (χ2n) is 8.18. The Hall–Kier alpha value is -3.58. The number of likely N-dealkylation sites (tertiary alicyclic amines) is 1. The molecule has 1 aliphatic heterocycles. The van der Waals surface area contributed by atoms with Crippen molar-refractivity contribution in [2.75, 3.05) is 30.3 Å². The third-order valence-corrected chi connectivity index (χ3v) is 5.90. The van der Waals surface area contributed by atoms with Crippen molar-refractivity contribution in [1.29, 1.82) is 0 Å². The van der Waals surface area contributed by atoms with Crippen molar-refractivity contribution in [3.8, 4) is 5.75 Å². The average Bonchev–Trinajstić information content (AvgIpc) is 3.43. The Bertz CT molecular complexity index is 1110. The number of rotatable bonds is 8. The molecule has 1 fully saturated rings. The van der Waals surface area contributed by atoms with E-state index in [4.69, 9.17) is 4.74 Å². The number of nitrogens with zero attached hydrogens (tertiary/aromatic N) is 2. The number of benzene rings is 2. The Morgan fingerprint density at radius 2 is 1.82 bits per heavy atom. The smallest absolute Gasteiger partial charge is 0.257 e. The van der Waals surface area contributed by atoms with Gasteiger partial charge in [-0.05, 0) is 74.8 Å². The number of para-hydroxylation sites is 1. The van der Waals surface area contributed by atoms with E-state index in [0.29, 0.717) is 23.5 Å². The minimum Gasteiger partial charge on any atom is -0.494 e. The summed E-state index contributed by atoms with van der Waals surface area (Å²) in [4.78, 5) is 28.0. The van der Waals surface area contributed by atoms with Gasteiger partial charge in [0.25, 0.3) is 5.91 Å². The Kier molecular flexibility index (Phi) is 7.10. The van der Waals surface area contributed by atoms with Gasteiger partial charge < -0.3 is 19.9 Å². The SMILES string of the molecule is CCOc1ccc(NC(=O)c2ccccc2NC(=O)CN2CCCC2c2cccn2C)cc1. The van der Waals surface area contributed by atoms with Crippen LogP contribution in [0.25, 0.3) is 0 Å². The molecule has 0 radical (unpaired) electrons. The summed E-state index contributed by atoms with van der Waals surface area (Å²) in [7, 11) is 2.03. The number of carbonyl (C=O) groups excluding carboxylic acids is 2. The second-order valence-corrected chi connectivity index (χ2v) is 8.18. The van der Waals surface area contributed by atoms with E-state index in [1.807, 2.05) is 44.4 Å². The predicted molar refractivity (Wildman–Crippen MR) is 130 cm³/mol. The van der Waals surface area contributed by atoms with Crippen LogP contribution in [0.1, 0.15) is 41.9 Å². The molecule has 2 heterocycles. The van der Waals surface area contributed by atoms with Gasteiger partial charge in [0, 0.05) is 24.6 Å². The van der Waals surface area contributed by atoms with Gasteiger partial charge in [0.1, 0.15) is 5.75 Å².